The van der Waals surface area contributed by atoms with E-state index < -0.39 is 0 Å². The summed E-state index contributed by atoms with van der Waals surface area (Å²) in [6.07, 6.45) is 17.8. The number of fused-ring (bicyclic) bond motifs is 21. The first-order valence-electron chi connectivity index (χ1n) is 50.5. The van der Waals surface area contributed by atoms with E-state index in [0.29, 0.717) is 11.2 Å². The minimum absolute atomic E-state index is 0.0513. The molecule has 26 aromatic rings. The van der Waals surface area contributed by atoms with Crippen LogP contribution in [0.5, 0.6) is 5.75 Å². The Hall–Kier alpha value is -18.7. The second-order valence-electron chi connectivity index (χ2n) is 38.4. The number of rotatable bonds is 15. The molecule has 6 heterocycles. The van der Waals surface area contributed by atoms with Crippen LogP contribution in [0.3, 0.4) is 0 Å². The maximum atomic E-state index is 6.35. The van der Waals surface area contributed by atoms with Crippen LogP contribution in [0.2, 0.25) is 0 Å². The van der Waals surface area contributed by atoms with Crippen molar-refractivity contribution < 1.29 is 9.15 Å². The largest absolute Gasteiger partial charge is 0.485 e. The smallest absolute Gasteiger partial charge is 0.137 e. The van der Waals surface area contributed by atoms with Crippen molar-refractivity contribution in [1.29, 1.82) is 0 Å². The Morgan fingerprint density at radius 2 is 0.551 bits per heavy atom. The Morgan fingerprint density at radius 3 is 0.986 bits per heavy atom. The Bertz CT molecular complexity index is 9630. The molecule has 4 unspecified atom stereocenters. The van der Waals surface area contributed by atoms with Gasteiger partial charge in [0.05, 0.1) is 49.9 Å². The molecule has 9 heteroatoms. The zero-order chi connectivity index (χ0) is 96.9. The quantitative estimate of drug-likeness (QED) is 0.102. The van der Waals surface area contributed by atoms with Gasteiger partial charge in [-0.25, -0.2) is 0 Å². The number of nitrogens with zero attached hydrogens (tertiary/aromatic N) is 6. The monoisotopic (exact) mass is 1900 g/mol. The third kappa shape index (κ3) is 15.3. The standard InChI is InChI=1S/C46H30N2O.C46H32N2O.C46H32N2S/c1-2-11-33-30-34(21-20-31(33)10-1)32-22-24-35(25-23-32)47(43-17-9-19-45-46(43)40-14-5-8-18-44(40)49-45)36-26-28-37(29-27-36)48-41-15-6-3-12-38(41)39-13-4-7-16-42(39)48;1-2-10-33-29-34(18-17-31(33)9-1)32-19-21-35(22-20-32)47(38-27-28-46-42(30-38)41-13-5-8-16-45(41)49-46)36-23-25-37(26-24-36)48-43-14-6-3-11-39(43)40-12-4-7-15-44(40)48;1-2-11-33-30-34(21-20-31(33)10-1)32-22-24-35(25-23-32)47(43-17-9-19-45-46(43)40-14-5-8-18-44(40)49-45)36-26-28-37(29-27-36)48-41-15-6-3-12-38(41)39-13-4-7-16-42(39)48/h1-30H;1-30,41,45H;1-30,40,44H. The third-order valence-electron chi connectivity index (χ3n) is 30.0. The molecule has 8 nitrogen and oxygen atoms in total. The number of para-hydroxylation sites is 7. The summed E-state index contributed by atoms with van der Waals surface area (Å²) in [7, 11) is 0. The van der Waals surface area contributed by atoms with Gasteiger partial charge in [-0.05, 0) is 290 Å². The molecule has 0 amide bonds. The number of ether oxygens (including phenoxy) is 1. The Labute approximate surface area is 855 Å². The molecule has 4 aromatic heterocycles. The van der Waals surface area contributed by atoms with Crippen LogP contribution in [0.4, 0.5) is 51.2 Å². The van der Waals surface area contributed by atoms with Crippen LogP contribution in [0.15, 0.2) is 555 Å². The van der Waals surface area contributed by atoms with Crippen LogP contribution >= 0.6 is 11.8 Å². The van der Waals surface area contributed by atoms with Gasteiger partial charge in [-0.15, -0.1) is 11.8 Å². The molecule has 30 rings (SSSR count). The Balaban J connectivity index is 0.000000107. The van der Waals surface area contributed by atoms with Gasteiger partial charge in [0, 0.05) is 122 Å². The van der Waals surface area contributed by atoms with Crippen molar-refractivity contribution in [2.45, 2.75) is 28.1 Å². The fourth-order valence-corrected chi connectivity index (χ4v) is 24.4. The van der Waals surface area contributed by atoms with Crippen molar-refractivity contribution >= 4 is 183 Å². The molecule has 0 saturated carbocycles. The van der Waals surface area contributed by atoms with Crippen LogP contribution < -0.4 is 19.4 Å². The number of aromatic nitrogens is 3. The fraction of sp³-hybridized carbons (Fsp3) is 0.0290. The molecule has 2 aliphatic heterocycles. The van der Waals surface area contributed by atoms with Crippen molar-refractivity contribution in [2.24, 2.45) is 0 Å². The van der Waals surface area contributed by atoms with Crippen LogP contribution in [0, 0.1) is 0 Å². The van der Waals surface area contributed by atoms with Gasteiger partial charge in [0.25, 0.3) is 0 Å². The van der Waals surface area contributed by atoms with Gasteiger partial charge in [-0.1, -0.05) is 328 Å². The van der Waals surface area contributed by atoms with Crippen LogP contribution in [0.1, 0.15) is 23.0 Å². The molecular formula is C138H94N6O2S. The highest BCUT2D eigenvalue weighted by molar-refractivity contribution is 8.00. The molecule has 0 radical (unpaired) electrons. The van der Waals surface area contributed by atoms with Crippen molar-refractivity contribution in [3.63, 3.8) is 0 Å². The normalized spacial score (nSPS) is 14.7. The maximum Gasteiger partial charge on any atom is 0.137 e. The number of thioether (sulfide) groups is 1. The lowest BCUT2D eigenvalue weighted by Gasteiger charge is -2.29. The van der Waals surface area contributed by atoms with E-state index in [1.807, 2.05) is 23.9 Å². The molecule has 694 valence electrons. The van der Waals surface area contributed by atoms with Gasteiger partial charge in [0.15, 0.2) is 0 Å². The van der Waals surface area contributed by atoms with E-state index in [4.69, 9.17) is 9.15 Å². The predicted molar refractivity (Wildman–Crippen MR) is 619 cm³/mol. The molecule has 0 N–H and O–H groups in total. The van der Waals surface area contributed by atoms with E-state index in [0.717, 1.165) is 90.2 Å². The van der Waals surface area contributed by atoms with Crippen molar-refractivity contribution in [3.05, 3.63) is 557 Å². The van der Waals surface area contributed by atoms with Gasteiger partial charge in [0.2, 0.25) is 0 Å². The SMILES string of the molecule is C1=CC2Oc3ccc(N(c4ccc(-c5ccc6ccccc6c5)cc4)c4ccc(-n5c6ccccc6c6ccccc65)cc4)cc3C2C=C1.C1=CC2Sc3cccc(N(c4ccc(-c5ccc6ccccc6c5)cc4)c4ccc(-n5c6ccccc6c6ccccc65)cc4)c3C2C=C1.c1ccc2cc(-c3ccc(N(c4ccc(-n5c6ccccc6c6ccccc65)cc4)c4cccc5oc6ccccc6c45)cc3)ccc2c1. The summed E-state index contributed by atoms with van der Waals surface area (Å²) in [6.45, 7) is 0. The van der Waals surface area contributed by atoms with Crippen LogP contribution in [0.25, 0.3) is 170 Å². The Kier molecular flexibility index (Phi) is 21.3. The maximum absolute atomic E-state index is 6.35. The number of hydrogen-bond acceptors (Lipinski definition) is 6. The lowest BCUT2D eigenvalue weighted by atomic mass is 9.90. The fourth-order valence-electron chi connectivity index (χ4n) is 23.1. The van der Waals surface area contributed by atoms with Crippen molar-refractivity contribution in [1.82, 2.24) is 13.7 Å². The van der Waals surface area contributed by atoms with Gasteiger partial charge >= 0.3 is 0 Å². The molecule has 2 aliphatic carbocycles. The molecule has 0 fully saturated rings. The number of anilines is 9. The van der Waals surface area contributed by atoms with E-state index in [1.165, 1.54) is 153 Å². The topological polar surface area (TPSA) is 46.9 Å². The summed E-state index contributed by atoms with van der Waals surface area (Å²) < 4.78 is 19.8. The predicted octanol–water partition coefficient (Wildman–Crippen LogP) is 37.8. The molecule has 0 spiro atoms. The average Bonchev–Trinajstić information content (AvgIpc) is 1.67. The van der Waals surface area contributed by atoms with Crippen LogP contribution in [-0.4, -0.2) is 25.1 Å². The molecule has 22 aromatic carbocycles. The van der Waals surface area contributed by atoms with Gasteiger partial charge < -0.3 is 37.6 Å². The first-order valence-corrected chi connectivity index (χ1v) is 51.4. The van der Waals surface area contributed by atoms with E-state index in [-0.39, 0.29) is 12.0 Å². The molecule has 147 heavy (non-hydrogen) atoms. The first-order chi connectivity index (χ1) is 72.9. The van der Waals surface area contributed by atoms with Gasteiger partial charge in [-0.2, -0.15) is 0 Å². The summed E-state index contributed by atoms with van der Waals surface area (Å²) in [5.74, 6) is 1.52. The van der Waals surface area contributed by atoms with Gasteiger partial charge in [0.1, 0.15) is 23.0 Å². The third-order valence-corrected chi connectivity index (χ3v) is 31.3. The lowest BCUT2D eigenvalue weighted by molar-refractivity contribution is 0.269. The highest BCUT2D eigenvalue weighted by Crippen LogP contribution is 2.55. The zero-order valence-electron chi connectivity index (χ0n) is 80.2. The highest BCUT2D eigenvalue weighted by atomic mass is 32.2. The minimum Gasteiger partial charge on any atom is -0.485 e. The number of furan rings is 1. The Morgan fingerprint density at radius 1 is 0.224 bits per heavy atom. The lowest BCUT2D eigenvalue weighted by Crippen LogP contribution is -2.15. The van der Waals surface area contributed by atoms with Crippen molar-refractivity contribution in [2.75, 3.05) is 14.7 Å². The highest BCUT2D eigenvalue weighted by Gasteiger charge is 2.37. The molecule has 0 bridgehead atoms. The number of allylic oxidation sites excluding steroid dienone is 5. The average molecular weight is 1900 g/mol. The molecule has 4 atom stereocenters. The summed E-state index contributed by atoms with van der Waals surface area (Å²) in [5, 5.41) is 17.7. The minimum atomic E-state index is 0.0513. The number of benzene rings is 22. The first kappa shape index (κ1) is 86.2. The summed E-state index contributed by atoms with van der Waals surface area (Å²) in [6, 6.07) is 180. The van der Waals surface area contributed by atoms with Gasteiger partial charge in [-0.3, -0.25) is 0 Å². The second kappa shape index (κ2) is 36.4. The zero-order valence-corrected chi connectivity index (χ0v) is 81.0. The van der Waals surface area contributed by atoms with E-state index in [9.17, 15) is 0 Å². The number of hydrogen-bond donors (Lipinski definition) is 0. The molecule has 4 aliphatic rings. The van der Waals surface area contributed by atoms with E-state index in [1.54, 1.807) is 0 Å². The van der Waals surface area contributed by atoms with Crippen LogP contribution in [-0.2, 0) is 0 Å². The van der Waals surface area contributed by atoms with E-state index >= 15 is 0 Å². The second-order valence-corrected chi connectivity index (χ2v) is 39.6. The summed E-state index contributed by atoms with van der Waals surface area (Å²) in [5.41, 5.74) is 32.3. The molecular weight excluding hydrogens is 1810 g/mol. The summed E-state index contributed by atoms with van der Waals surface area (Å²) in [4.78, 5) is 8.52. The molecule has 0 saturated heterocycles. The van der Waals surface area contributed by atoms with Crippen molar-refractivity contribution in [3.8, 4) is 56.2 Å². The van der Waals surface area contributed by atoms with E-state index in [2.05, 4.69) is 562 Å². The summed E-state index contributed by atoms with van der Waals surface area (Å²) >= 11 is 1.98.